The first-order valence-corrected chi connectivity index (χ1v) is 6.51. The van der Waals surface area contributed by atoms with E-state index in [1.54, 1.807) is 0 Å². The maximum Gasteiger partial charge on any atom is 0.172 e. The lowest BCUT2D eigenvalue weighted by atomic mass is 10.4. The minimum Gasteiger partial charge on any atom is -0.227 e. The number of hydrogen-bond acceptors (Lipinski definition) is 2. The molecule has 0 aromatic carbocycles. The fourth-order valence-corrected chi connectivity index (χ4v) is 1.50. The van der Waals surface area contributed by atoms with Crippen molar-refractivity contribution in [2.75, 3.05) is 11.5 Å². The van der Waals surface area contributed by atoms with Crippen molar-refractivity contribution < 1.29 is 8.42 Å². The van der Waals surface area contributed by atoms with Crippen molar-refractivity contribution in [2.24, 2.45) is 0 Å². The maximum atomic E-state index is 11.4. The minimum absolute atomic E-state index is 0.195. The second kappa shape index (κ2) is 7.03. The molecule has 0 aromatic rings. The lowest BCUT2D eigenvalue weighted by Crippen LogP contribution is -2.07. The van der Waals surface area contributed by atoms with Crippen LogP contribution in [0.25, 0.3) is 0 Å². The standard InChI is InChI=1S/C14H8O2S/c15-17(16)13-11-9-7-5-3-1-2-4-6-8-10-12-14-17/h5-8H,13-14H2/b7-5-,8-6-. The van der Waals surface area contributed by atoms with Gasteiger partial charge in [0, 0.05) is 0 Å². The van der Waals surface area contributed by atoms with Gasteiger partial charge in [0.25, 0.3) is 0 Å². The molecular formula is C14H8O2S. The Balaban J connectivity index is 2.94. The Morgan fingerprint density at radius 1 is 0.706 bits per heavy atom. The molecule has 0 fully saturated rings. The Morgan fingerprint density at radius 2 is 1.12 bits per heavy atom. The summed E-state index contributed by atoms with van der Waals surface area (Å²) in [5.74, 6) is 20.3. The van der Waals surface area contributed by atoms with Gasteiger partial charge in [-0.3, -0.25) is 0 Å². The van der Waals surface area contributed by atoms with Gasteiger partial charge in [-0.2, -0.15) is 0 Å². The van der Waals surface area contributed by atoms with Crippen LogP contribution in [0, 0.1) is 47.4 Å². The molecule has 1 aliphatic rings. The van der Waals surface area contributed by atoms with Crippen LogP contribution in [0.3, 0.4) is 0 Å². The van der Waals surface area contributed by atoms with E-state index in [1.165, 1.54) is 24.3 Å². The third kappa shape index (κ3) is 6.70. The fourth-order valence-electron chi connectivity index (χ4n) is 0.794. The van der Waals surface area contributed by atoms with E-state index in [4.69, 9.17) is 0 Å². The lowest BCUT2D eigenvalue weighted by molar-refractivity contribution is 0.603. The van der Waals surface area contributed by atoms with Gasteiger partial charge in [0.15, 0.2) is 9.84 Å². The first-order chi connectivity index (χ1) is 8.21. The van der Waals surface area contributed by atoms with Crippen LogP contribution in [0.4, 0.5) is 0 Å². The smallest absolute Gasteiger partial charge is 0.172 e. The molecule has 0 N–H and O–H groups in total. The van der Waals surface area contributed by atoms with Crippen molar-refractivity contribution in [3.05, 3.63) is 24.3 Å². The summed E-state index contributed by atoms with van der Waals surface area (Å²) in [4.78, 5) is 0. The molecule has 0 bridgehead atoms. The number of allylic oxidation sites excluding steroid dienone is 4. The van der Waals surface area contributed by atoms with Gasteiger partial charge >= 0.3 is 0 Å². The molecule has 17 heavy (non-hydrogen) atoms. The van der Waals surface area contributed by atoms with Crippen molar-refractivity contribution in [3.8, 4) is 47.4 Å². The molecule has 0 spiro atoms. The molecule has 1 rings (SSSR count). The second-order valence-electron chi connectivity index (χ2n) is 2.88. The summed E-state index contributed by atoms with van der Waals surface area (Å²) in [5, 5.41) is 0. The second-order valence-corrected chi connectivity index (χ2v) is 4.94. The molecule has 0 saturated carbocycles. The van der Waals surface area contributed by atoms with Gasteiger partial charge in [0.2, 0.25) is 0 Å². The number of sulfone groups is 1. The van der Waals surface area contributed by atoms with Crippen LogP contribution >= 0.6 is 0 Å². The van der Waals surface area contributed by atoms with Crippen molar-refractivity contribution in [1.82, 2.24) is 0 Å². The van der Waals surface area contributed by atoms with Gasteiger partial charge in [-0.15, -0.1) is 0 Å². The summed E-state index contributed by atoms with van der Waals surface area (Å²) < 4.78 is 22.8. The Kier molecular flexibility index (Phi) is 5.27. The predicted molar refractivity (Wildman–Crippen MR) is 68.0 cm³/mol. The van der Waals surface area contributed by atoms with Crippen molar-refractivity contribution in [1.29, 1.82) is 0 Å². The van der Waals surface area contributed by atoms with Crippen LogP contribution in [-0.2, 0) is 9.84 Å². The molecule has 0 saturated heterocycles. The normalized spacial score (nSPS) is 20.0. The van der Waals surface area contributed by atoms with Crippen LogP contribution in [0.5, 0.6) is 0 Å². The molecule has 1 aliphatic heterocycles. The van der Waals surface area contributed by atoms with Crippen molar-refractivity contribution >= 4 is 9.84 Å². The average molecular weight is 240 g/mol. The Morgan fingerprint density at radius 3 is 1.59 bits per heavy atom. The predicted octanol–water partition coefficient (Wildman–Crippen LogP) is 0.541. The van der Waals surface area contributed by atoms with Crippen LogP contribution in [0.1, 0.15) is 0 Å². The topological polar surface area (TPSA) is 34.1 Å². The highest BCUT2D eigenvalue weighted by molar-refractivity contribution is 7.91. The highest BCUT2D eigenvalue weighted by Crippen LogP contribution is 1.87. The molecule has 0 atom stereocenters. The third-order valence-corrected chi connectivity index (χ3v) is 2.66. The van der Waals surface area contributed by atoms with E-state index in [-0.39, 0.29) is 11.5 Å². The summed E-state index contributed by atoms with van der Waals surface area (Å²) in [6.07, 6.45) is 6.03. The third-order valence-electron chi connectivity index (χ3n) is 1.50. The fraction of sp³-hybridized carbons (Fsp3) is 0.143. The van der Waals surface area contributed by atoms with Crippen LogP contribution in [0.15, 0.2) is 24.3 Å². The van der Waals surface area contributed by atoms with E-state index in [0.717, 1.165) is 0 Å². The maximum absolute atomic E-state index is 11.4. The van der Waals surface area contributed by atoms with E-state index < -0.39 is 9.84 Å². The zero-order valence-electron chi connectivity index (χ0n) is 8.95. The van der Waals surface area contributed by atoms with Gasteiger partial charge in [0.1, 0.15) is 11.5 Å². The van der Waals surface area contributed by atoms with Crippen LogP contribution in [-0.4, -0.2) is 19.9 Å². The van der Waals surface area contributed by atoms with Gasteiger partial charge in [-0.05, 0) is 36.1 Å². The molecule has 82 valence electrons. The average Bonchev–Trinajstić information content (AvgIpc) is 2.29. The summed E-state index contributed by atoms with van der Waals surface area (Å²) in [6, 6.07) is 0. The van der Waals surface area contributed by atoms with Gasteiger partial charge < -0.3 is 0 Å². The Bertz CT molecular complexity index is 620. The zero-order valence-corrected chi connectivity index (χ0v) is 9.76. The first kappa shape index (κ1) is 12.7. The Labute approximate surface area is 102 Å². The SMILES string of the molecule is O=S1(=O)CC#C/C=C\C#CC#C/C=C\C#CC1. The summed E-state index contributed by atoms with van der Waals surface area (Å²) in [5.41, 5.74) is 0. The van der Waals surface area contributed by atoms with E-state index in [1.807, 2.05) is 0 Å². The highest BCUT2D eigenvalue weighted by atomic mass is 32.2. The van der Waals surface area contributed by atoms with E-state index >= 15 is 0 Å². The quantitative estimate of drug-likeness (QED) is 0.579. The first-order valence-electron chi connectivity index (χ1n) is 4.69. The summed E-state index contributed by atoms with van der Waals surface area (Å²) in [6.45, 7) is 0. The number of hydrogen-bond donors (Lipinski definition) is 0. The van der Waals surface area contributed by atoms with E-state index in [0.29, 0.717) is 0 Å². The largest absolute Gasteiger partial charge is 0.227 e. The molecule has 0 aromatic heterocycles. The monoisotopic (exact) mass is 240 g/mol. The molecular weight excluding hydrogens is 232 g/mol. The molecule has 0 aliphatic carbocycles. The van der Waals surface area contributed by atoms with Gasteiger partial charge in [0.05, 0.1) is 0 Å². The molecule has 2 nitrogen and oxygen atoms in total. The molecule has 3 heteroatoms. The molecule has 0 amide bonds. The van der Waals surface area contributed by atoms with E-state index in [9.17, 15) is 8.42 Å². The highest BCUT2D eigenvalue weighted by Gasteiger charge is 2.04. The van der Waals surface area contributed by atoms with Crippen LogP contribution in [0.2, 0.25) is 0 Å². The summed E-state index contributed by atoms with van der Waals surface area (Å²) in [7, 11) is -3.23. The van der Waals surface area contributed by atoms with Gasteiger partial charge in [-0.25, -0.2) is 8.42 Å². The number of rotatable bonds is 0. The zero-order chi connectivity index (χ0) is 12.4. The van der Waals surface area contributed by atoms with Crippen molar-refractivity contribution in [3.63, 3.8) is 0 Å². The lowest BCUT2D eigenvalue weighted by Gasteiger charge is -1.90. The van der Waals surface area contributed by atoms with Gasteiger partial charge in [-0.1, -0.05) is 35.5 Å². The van der Waals surface area contributed by atoms with Crippen LogP contribution < -0.4 is 0 Å². The molecule has 0 unspecified atom stereocenters. The molecule has 1 heterocycles. The van der Waals surface area contributed by atoms with Crippen molar-refractivity contribution in [2.45, 2.75) is 0 Å². The van der Waals surface area contributed by atoms with E-state index in [2.05, 4.69) is 47.4 Å². The minimum atomic E-state index is -3.23. The summed E-state index contributed by atoms with van der Waals surface area (Å²) >= 11 is 0. The Hall–Kier alpha value is -2.33. The molecule has 0 radical (unpaired) electrons.